The maximum atomic E-state index is 13.2. The number of likely N-dealkylation sites (tertiary alicyclic amines) is 1. The molecule has 3 heterocycles. The van der Waals surface area contributed by atoms with Gasteiger partial charge in [-0.1, -0.05) is 0 Å². The van der Waals surface area contributed by atoms with Gasteiger partial charge in [-0.2, -0.15) is 5.10 Å². The number of carbonyl (C=O) groups excluding carboxylic acids is 1. The van der Waals surface area contributed by atoms with Crippen LogP contribution in [0.1, 0.15) is 21.8 Å². The number of hydrogen-bond acceptors (Lipinski definition) is 4. The fourth-order valence-electron chi connectivity index (χ4n) is 3.28. The molecule has 4 rings (SSSR count). The van der Waals surface area contributed by atoms with Crippen LogP contribution >= 0.6 is 23.7 Å². The van der Waals surface area contributed by atoms with Crippen molar-refractivity contribution in [3.8, 4) is 5.69 Å². The molecular formula is C18H20ClFN4OS. The predicted molar refractivity (Wildman–Crippen MR) is 104 cm³/mol. The number of nitrogens with two attached hydrogens (primary N) is 1. The second-order valence-electron chi connectivity index (χ2n) is 6.44. The molecule has 0 spiro atoms. The minimum Gasteiger partial charge on any atom is -0.338 e. The third-order valence-electron chi connectivity index (χ3n) is 4.73. The Labute approximate surface area is 161 Å². The Morgan fingerprint density at radius 2 is 2.12 bits per heavy atom. The third-order valence-corrected chi connectivity index (χ3v) is 5.83. The molecule has 0 bridgehead atoms. The number of aryl methyl sites for hydroxylation is 1. The van der Waals surface area contributed by atoms with Crippen LogP contribution in [0.2, 0.25) is 0 Å². The molecule has 138 valence electrons. The molecule has 1 atom stereocenters. The first kappa shape index (κ1) is 18.8. The van der Waals surface area contributed by atoms with Crippen molar-refractivity contribution < 1.29 is 9.18 Å². The number of fused-ring (bicyclic) bond motifs is 1. The summed E-state index contributed by atoms with van der Waals surface area (Å²) < 4.78 is 15.0. The van der Waals surface area contributed by atoms with Crippen molar-refractivity contribution in [2.24, 2.45) is 11.7 Å². The molecule has 1 fully saturated rings. The van der Waals surface area contributed by atoms with E-state index in [4.69, 9.17) is 5.73 Å². The van der Waals surface area contributed by atoms with Crippen LogP contribution in [0.25, 0.3) is 15.9 Å². The topological polar surface area (TPSA) is 64.2 Å². The van der Waals surface area contributed by atoms with E-state index < -0.39 is 0 Å². The van der Waals surface area contributed by atoms with Crippen molar-refractivity contribution in [3.05, 3.63) is 46.7 Å². The number of rotatable bonds is 3. The molecule has 2 N–H and O–H groups in total. The van der Waals surface area contributed by atoms with E-state index in [9.17, 15) is 9.18 Å². The monoisotopic (exact) mass is 394 g/mol. The Morgan fingerprint density at radius 1 is 1.38 bits per heavy atom. The molecule has 1 aromatic carbocycles. The van der Waals surface area contributed by atoms with Crippen LogP contribution in [0.15, 0.2) is 30.3 Å². The van der Waals surface area contributed by atoms with Gasteiger partial charge in [0.05, 0.1) is 16.3 Å². The molecule has 8 heteroatoms. The molecule has 2 aromatic heterocycles. The summed E-state index contributed by atoms with van der Waals surface area (Å²) in [5.41, 5.74) is 7.36. The summed E-state index contributed by atoms with van der Waals surface area (Å²) >= 11 is 1.43. The molecule has 0 aliphatic carbocycles. The highest BCUT2D eigenvalue weighted by Crippen LogP contribution is 2.32. The summed E-state index contributed by atoms with van der Waals surface area (Å²) in [5.74, 6) is 0.173. The quantitative estimate of drug-likeness (QED) is 0.740. The molecule has 1 unspecified atom stereocenters. The van der Waals surface area contributed by atoms with E-state index in [-0.39, 0.29) is 24.1 Å². The van der Waals surface area contributed by atoms with Crippen molar-refractivity contribution in [3.63, 3.8) is 0 Å². The Balaban J connectivity index is 0.00000196. The summed E-state index contributed by atoms with van der Waals surface area (Å²) in [4.78, 5) is 16.3. The second kappa shape index (κ2) is 7.34. The van der Waals surface area contributed by atoms with Crippen LogP contribution in [0.3, 0.4) is 0 Å². The highest BCUT2D eigenvalue weighted by molar-refractivity contribution is 7.20. The number of benzene rings is 1. The van der Waals surface area contributed by atoms with E-state index in [0.717, 1.165) is 41.1 Å². The van der Waals surface area contributed by atoms with Crippen molar-refractivity contribution >= 4 is 39.9 Å². The van der Waals surface area contributed by atoms with Gasteiger partial charge in [0.15, 0.2) is 0 Å². The summed E-state index contributed by atoms with van der Waals surface area (Å²) in [6, 6.07) is 8.12. The van der Waals surface area contributed by atoms with Gasteiger partial charge in [0.25, 0.3) is 5.91 Å². The van der Waals surface area contributed by atoms with Gasteiger partial charge in [0.2, 0.25) is 0 Å². The largest absolute Gasteiger partial charge is 0.338 e. The van der Waals surface area contributed by atoms with Crippen molar-refractivity contribution in [1.82, 2.24) is 14.7 Å². The normalized spacial score (nSPS) is 16.9. The molecule has 3 aromatic rings. The molecule has 1 aliphatic rings. The minimum absolute atomic E-state index is 0. The van der Waals surface area contributed by atoms with Gasteiger partial charge >= 0.3 is 0 Å². The summed E-state index contributed by atoms with van der Waals surface area (Å²) in [6.45, 7) is 4.03. The highest BCUT2D eigenvalue weighted by Gasteiger charge is 2.28. The summed E-state index contributed by atoms with van der Waals surface area (Å²) in [7, 11) is 0. The minimum atomic E-state index is -0.283. The fourth-order valence-corrected chi connectivity index (χ4v) is 4.43. The first-order chi connectivity index (χ1) is 12.1. The van der Waals surface area contributed by atoms with Crippen LogP contribution in [0.5, 0.6) is 0 Å². The van der Waals surface area contributed by atoms with Gasteiger partial charge in [-0.3, -0.25) is 4.79 Å². The zero-order valence-electron chi connectivity index (χ0n) is 14.3. The van der Waals surface area contributed by atoms with E-state index in [1.807, 2.05) is 17.9 Å². The van der Waals surface area contributed by atoms with E-state index >= 15 is 0 Å². The van der Waals surface area contributed by atoms with E-state index in [0.29, 0.717) is 17.3 Å². The second-order valence-corrected chi connectivity index (χ2v) is 7.48. The average Bonchev–Trinajstić information content (AvgIpc) is 3.32. The molecule has 1 saturated heterocycles. The molecule has 26 heavy (non-hydrogen) atoms. The standard InChI is InChI=1S/C18H19FN4OS.ClH/c1-11-15-8-16(17(24)22-7-6-12(9-20)10-22)25-18(15)23(21-11)14-4-2-13(19)3-5-14;/h2-5,8,12H,6-7,9-10,20H2,1H3;1H. The molecule has 0 saturated carbocycles. The number of aromatic nitrogens is 2. The van der Waals surface area contributed by atoms with Gasteiger partial charge in [-0.25, -0.2) is 9.07 Å². The zero-order chi connectivity index (χ0) is 17.6. The Bertz CT molecular complexity index is 937. The maximum Gasteiger partial charge on any atom is 0.264 e. The van der Waals surface area contributed by atoms with Crippen LogP contribution < -0.4 is 5.73 Å². The van der Waals surface area contributed by atoms with Gasteiger partial charge in [0, 0.05) is 18.5 Å². The van der Waals surface area contributed by atoms with Crippen molar-refractivity contribution in [1.29, 1.82) is 0 Å². The number of nitrogens with zero attached hydrogens (tertiary/aromatic N) is 3. The molecule has 5 nitrogen and oxygen atoms in total. The van der Waals surface area contributed by atoms with Gasteiger partial charge < -0.3 is 10.6 Å². The number of hydrogen-bond donors (Lipinski definition) is 1. The number of carbonyl (C=O) groups is 1. The van der Waals surface area contributed by atoms with E-state index in [2.05, 4.69) is 5.10 Å². The Kier molecular flexibility index (Phi) is 5.32. The number of halogens is 2. The zero-order valence-corrected chi connectivity index (χ0v) is 15.9. The maximum absolute atomic E-state index is 13.2. The average molecular weight is 395 g/mol. The lowest BCUT2D eigenvalue weighted by Crippen LogP contribution is -2.29. The van der Waals surface area contributed by atoms with Gasteiger partial charge in [0.1, 0.15) is 10.6 Å². The number of thiophene rings is 1. The van der Waals surface area contributed by atoms with Crippen LogP contribution in [0.4, 0.5) is 4.39 Å². The van der Waals surface area contributed by atoms with Gasteiger partial charge in [-0.15, -0.1) is 23.7 Å². The highest BCUT2D eigenvalue weighted by atomic mass is 35.5. The SMILES string of the molecule is Cc1nn(-c2ccc(F)cc2)c2sc(C(=O)N3CCC(CN)C3)cc12.Cl. The summed E-state index contributed by atoms with van der Waals surface area (Å²) in [6.07, 6.45) is 0.968. The van der Waals surface area contributed by atoms with Gasteiger partial charge in [-0.05, 0) is 56.1 Å². The fraction of sp³-hybridized carbons (Fsp3) is 0.333. The smallest absolute Gasteiger partial charge is 0.264 e. The lowest BCUT2D eigenvalue weighted by Gasteiger charge is -2.14. The molecule has 1 amide bonds. The Morgan fingerprint density at radius 3 is 2.77 bits per heavy atom. The first-order valence-corrected chi connectivity index (χ1v) is 9.13. The lowest BCUT2D eigenvalue weighted by molar-refractivity contribution is 0.0792. The van der Waals surface area contributed by atoms with Crippen LogP contribution in [-0.4, -0.2) is 40.2 Å². The van der Waals surface area contributed by atoms with Crippen molar-refractivity contribution in [2.75, 3.05) is 19.6 Å². The summed E-state index contributed by atoms with van der Waals surface area (Å²) in [5, 5.41) is 5.50. The van der Waals surface area contributed by atoms with Crippen molar-refractivity contribution in [2.45, 2.75) is 13.3 Å². The molecular weight excluding hydrogens is 375 g/mol. The van der Waals surface area contributed by atoms with E-state index in [1.165, 1.54) is 23.5 Å². The van der Waals surface area contributed by atoms with E-state index in [1.54, 1.807) is 16.8 Å². The lowest BCUT2D eigenvalue weighted by atomic mass is 10.1. The first-order valence-electron chi connectivity index (χ1n) is 8.31. The molecule has 1 aliphatic heterocycles. The third kappa shape index (κ3) is 3.22. The Hall–Kier alpha value is -1.96. The van der Waals surface area contributed by atoms with Crippen LogP contribution in [0, 0.1) is 18.7 Å². The molecule has 0 radical (unpaired) electrons. The predicted octanol–water partition coefficient (Wildman–Crippen LogP) is 3.38. The van der Waals surface area contributed by atoms with Crippen LogP contribution in [-0.2, 0) is 0 Å². The number of amides is 1.